The smallest absolute Gasteiger partial charge is 0.346 e. The average Bonchev–Trinajstić information content (AvgIpc) is 2.24. The summed E-state index contributed by atoms with van der Waals surface area (Å²) in [6.45, 7) is 3.77. The van der Waals surface area contributed by atoms with Gasteiger partial charge in [-0.1, -0.05) is 26.2 Å². The summed E-state index contributed by atoms with van der Waals surface area (Å²) in [7, 11) is -2.10. The van der Waals surface area contributed by atoms with Gasteiger partial charge in [-0.2, -0.15) is 5.26 Å². The minimum Gasteiger partial charge on any atom is -0.346 e. The molecule has 0 fully saturated rings. The minimum atomic E-state index is -2.10. The number of rotatable bonds is 9. The van der Waals surface area contributed by atoms with Crippen LogP contribution >= 0.6 is 8.03 Å². The zero-order valence-corrected chi connectivity index (χ0v) is 11.0. The Labute approximate surface area is 98.5 Å². The zero-order chi connectivity index (χ0) is 12.4. The van der Waals surface area contributed by atoms with Gasteiger partial charge < -0.3 is 5.11 Å². The Bertz CT molecular complexity index is 248. The van der Waals surface area contributed by atoms with Gasteiger partial charge in [0, 0.05) is 13.3 Å². The maximum absolute atomic E-state index is 11.6. The molecule has 0 saturated heterocycles. The Balaban J connectivity index is 3.82. The normalized spacial score (nSPS) is 15.2. The van der Waals surface area contributed by atoms with Crippen molar-refractivity contribution in [2.45, 2.75) is 57.7 Å². The van der Waals surface area contributed by atoms with Gasteiger partial charge in [-0.05, 0) is 11.0 Å². The molecule has 0 aliphatic carbocycles. The Morgan fingerprint density at radius 2 is 2.12 bits per heavy atom. The molecule has 0 aliphatic heterocycles. The molecule has 0 saturated carbocycles. The number of unbranched alkanes of at least 4 members (excludes halogenated alkanes) is 3. The summed E-state index contributed by atoms with van der Waals surface area (Å²) in [6.07, 6.45) is 4.83. The summed E-state index contributed by atoms with van der Waals surface area (Å²) in [6, 6.07) is 1.90. The van der Waals surface area contributed by atoms with Gasteiger partial charge in [0.2, 0.25) is 0 Å². The third-order valence-corrected chi connectivity index (χ3v) is 3.75. The van der Waals surface area contributed by atoms with Crippen LogP contribution in [-0.4, -0.2) is 17.1 Å². The Morgan fingerprint density at radius 1 is 1.44 bits per heavy atom. The maximum atomic E-state index is 11.6. The van der Waals surface area contributed by atoms with Gasteiger partial charge in [0.1, 0.15) is 6.61 Å². The molecule has 92 valence electrons. The lowest BCUT2D eigenvalue weighted by Crippen LogP contribution is -2.19. The highest BCUT2D eigenvalue weighted by molar-refractivity contribution is 7.40. The minimum absolute atomic E-state index is 0.122. The van der Waals surface area contributed by atoms with Crippen LogP contribution in [0.4, 0.5) is 0 Å². The molecule has 0 amide bonds. The van der Waals surface area contributed by atoms with E-state index in [1.807, 2.05) is 6.07 Å². The molecule has 16 heavy (non-hydrogen) atoms. The van der Waals surface area contributed by atoms with Gasteiger partial charge in [0.05, 0.1) is 12.5 Å². The molecule has 2 atom stereocenters. The van der Waals surface area contributed by atoms with E-state index in [0.717, 1.165) is 25.7 Å². The fourth-order valence-corrected chi connectivity index (χ4v) is 2.17. The first-order valence-corrected chi connectivity index (χ1v) is 6.92. The van der Waals surface area contributed by atoms with Crippen molar-refractivity contribution in [3.8, 4) is 6.07 Å². The second kappa shape index (κ2) is 8.64. The lowest BCUT2D eigenvalue weighted by molar-refractivity contribution is 0.114. The topological polar surface area (TPSA) is 70.3 Å². The molecule has 0 heterocycles. The van der Waals surface area contributed by atoms with Crippen molar-refractivity contribution in [1.29, 1.82) is 5.26 Å². The average molecular weight is 246 g/mol. The third-order valence-electron chi connectivity index (χ3n) is 2.32. The van der Waals surface area contributed by atoms with E-state index in [0.29, 0.717) is 6.42 Å². The van der Waals surface area contributed by atoms with Crippen LogP contribution in [0.1, 0.15) is 52.4 Å². The van der Waals surface area contributed by atoms with Gasteiger partial charge in [0.15, 0.2) is 0 Å². The molecule has 0 radical (unpaired) electrons. The summed E-state index contributed by atoms with van der Waals surface area (Å²) in [4.78, 5) is 0. The highest BCUT2D eigenvalue weighted by atomic mass is 31.1. The lowest BCUT2D eigenvalue weighted by atomic mass is 10.1. The molecule has 2 unspecified atom stereocenters. The molecule has 0 spiro atoms. The van der Waals surface area contributed by atoms with Crippen LogP contribution in [0.25, 0.3) is 0 Å². The molecular formula is C11H21NO3P+. The molecule has 0 aromatic rings. The fraction of sp³-hybridized carbons (Fsp3) is 0.909. The lowest BCUT2D eigenvalue weighted by Gasteiger charge is -2.10. The van der Waals surface area contributed by atoms with Crippen LogP contribution in [0.3, 0.4) is 0 Å². The number of hydrogen-bond donors (Lipinski definition) is 1. The van der Waals surface area contributed by atoms with Crippen LogP contribution in [0.5, 0.6) is 0 Å². The van der Waals surface area contributed by atoms with Crippen LogP contribution in [-0.2, 0) is 9.09 Å². The Morgan fingerprint density at radius 3 is 2.69 bits per heavy atom. The molecule has 0 aliphatic rings. The van der Waals surface area contributed by atoms with E-state index in [1.165, 1.54) is 6.92 Å². The van der Waals surface area contributed by atoms with Crippen molar-refractivity contribution in [2.75, 3.05) is 6.61 Å². The van der Waals surface area contributed by atoms with E-state index in [2.05, 4.69) is 6.92 Å². The molecular weight excluding hydrogens is 225 g/mol. The first-order valence-electron chi connectivity index (χ1n) is 5.74. The van der Waals surface area contributed by atoms with Crippen molar-refractivity contribution in [2.24, 2.45) is 0 Å². The molecule has 0 bridgehead atoms. The largest absolute Gasteiger partial charge is 0.543 e. The first kappa shape index (κ1) is 15.5. The van der Waals surface area contributed by atoms with Crippen molar-refractivity contribution < 1.29 is 14.2 Å². The van der Waals surface area contributed by atoms with E-state index in [1.54, 1.807) is 0 Å². The van der Waals surface area contributed by atoms with Crippen molar-refractivity contribution in [3.63, 3.8) is 0 Å². The SMILES string of the molecule is CCCCCCC(C)(O)[P+](=O)OCCC#N. The Hall–Kier alpha value is -0.490. The van der Waals surface area contributed by atoms with E-state index in [9.17, 15) is 9.67 Å². The van der Waals surface area contributed by atoms with Gasteiger partial charge in [-0.25, -0.2) is 0 Å². The Kier molecular flexibility index (Phi) is 8.37. The molecule has 0 aromatic heterocycles. The van der Waals surface area contributed by atoms with Crippen molar-refractivity contribution in [1.82, 2.24) is 0 Å². The second-order valence-electron chi connectivity index (χ2n) is 4.03. The van der Waals surface area contributed by atoms with Crippen LogP contribution in [0.2, 0.25) is 0 Å². The summed E-state index contributed by atoms with van der Waals surface area (Å²) < 4.78 is 16.5. The van der Waals surface area contributed by atoms with E-state index >= 15 is 0 Å². The third kappa shape index (κ3) is 6.90. The second-order valence-corrected chi connectivity index (χ2v) is 5.76. The van der Waals surface area contributed by atoms with E-state index in [4.69, 9.17) is 9.79 Å². The van der Waals surface area contributed by atoms with Crippen molar-refractivity contribution in [3.05, 3.63) is 0 Å². The molecule has 4 nitrogen and oxygen atoms in total. The highest BCUT2D eigenvalue weighted by Gasteiger charge is 2.44. The highest BCUT2D eigenvalue weighted by Crippen LogP contribution is 2.41. The molecule has 1 N–H and O–H groups in total. The van der Waals surface area contributed by atoms with E-state index in [-0.39, 0.29) is 13.0 Å². The van der Waals surface area contributed by atoms with Crippen molar-refractivity contribution >= 4 is 8.03 Å². The summed E-state index contributed by atoms with van der Waals surface area (Å²) in [5.74, 6) is 0. The quantitative estimate of drug-likeness (QED) is 0.500. The van der Waals surface area contributed by atoms with Gasteiger partial charge in [-0.3, -0.25) is 0 Å². The predicted molar refractivity (Wildman–Crippen MR) is 63.2 cm³/mol. The fourth-order valence-electron chi connectivity index (χ4n) is 1.29. The van der Waals surface area contributed by atoms with E-state index < -0.39 is 13.4 Å². The number of nitrogens with zero attached hydrogens (tertiary/aromatic N) is 1. The first-order chi connectivity index (χ1) is 7.54. The monoisotopic (exact) mass is 246 g/mol. The van der Waals surface area contributed by atoms with Crippen LogP contribution < -0.4 is 0 Å². The number of nitriles is 1. The summed E-state index contributed by atoms with van der Waals surface area (Å²) >= 11 is 0. The molecule has 5 heteroatoms. The van der Waals surface area contributed by atoms with Gasteiger partial charge >= 0.3 is 8.03 Å². The maximum Gasteiger partial charge on any atom is 0.543 e. The summed E-state index contributed by atoms with van der Waals surface area (Å²) in [5, 5.41) is 16.9. The molecule has 0 aromatic carbocycles. The van der Waals surface area contributed by atoms with Gasteiger partial charge in [-0.15, -0.1) is 4.52 Å². The zero-order valence-electron chi connectivity index (χ0n) is 10.1. The molecule has 0 rings (SSSR count). The predicted octanol–water partition coefficient (Wildman–Crippen LogP) is 3.34. The van der Waals surface area contributed by atoms with Crippen LogP contribution in [0, 0.1) is 11.3 Å². The number of aliphatic hydroxyl groups is 1. The van der Waals surface area contributed by atoms with Gasteiger partial charge in [0.25, 0.3) is 5.34 Å². The summed E-state index contributed by atoms with van der Waals surface area (Å²) in [5.41, 5.74) is 0. The van der Waals surface area contributed by atoms with Crippen LogP contribution in [0.15, 0.2) is 0 Å². The standard InChI is InChI=1S/C11H21NO3P/c1-3-4-5-6-8-11(2,13)16(14)15-10-7-9-12/h13H,3-8,10H2,1-2H3/q+1. The number of hydrogen-bond acceptors (Lipinski definition) is 4.